The lowest BCUT2D eigenvalue weighted by atomic mass is 9.89. The standard InChI is InChI=1S/C6H14BBrO2/c1-5(2,3)6(4,8)10-7-9/h7,9H,1-4H3. The van der Waals surface area contributed by atoms with Crippen molar-refractivity contribution in [2.24, 2.45) is 5.41 Å². The first-order chi connectivity index (χ1) is 4.31. The number of hydrogen-bond donors (Lipinski definition) is 1. The largest absolute Gasteiger partial charge is 0.436 e. The minimum Gasteiger partial charge on any atom is -0.430 e. The van der Waals surface area contributed by atoms with Crippen molar-refractivity contribution in [3.05, 3.63) is 0 Å². The van der Waals surface area contributed by atoms with Gasteiger partial charge in [-0.15, -0.1) is 0 Å². The van der Waals surface area contributed by atoms with Crippen LogP contribution in [0.15, 0.2) is 0 Å². The van der Waals surface area contributed by atoms with Crippen molar-refractivity contribution in [3.63, 3.8) is 0 Å². The summed E-state index contributed by atoms with van der Waals surface area (Å²) in [5.74, 6) is 0. The number of hydrogen-bond acceptors (Lipinski definition) is 2. The van der Waals surface area contributed by atoms with Crippen LogP contribution >= 0.6 is 15.9 Å². The van der Waals surface area contributed by atoms with E-state index in [2.05, 4.69) is 15.9 Å². The zero-order chi connectivity index (χ0) is 8.41. The lowest BCUT2D eigenvalue weighted by Crippen LogP contribution is -2.37. The van der Waals surface area contributed by atoms with E-state index in [-0.39, 0.29) is 13.1 Å². The average Bonchev–Trinajstić information content (AvgIpc) is 1.61. The Bertz CT molecular complexity index is 109. The van der Waals surface area contributed by atoms with E-state index < -0.39 is 4.51 Å². The summed E-state index contributed by atoms with van der Waals surface area (Å²) in [5.41, 5.74) is -0.0181. The summed E-state index contributed by atoms with van der Waals surface area (Å²) in [6, 6.07) is 0. The number of alkyl halides is 1. The summed E-state index contributed by atoms with van der Waals surface area (Å²) < 4.78 is 4.62. The van der Waals surface area contributed by atoms with Gasteiger partial charge in [0.05, 0.1) is 0 Å². The second-order valence-electron chi connectivity index (χ2n) is 3.44. The van der Waals surface area contributed by atoms with Crippen LogP contribution in [-0.4, -0.2) is 17.2 Å². The highest BCUT2D eigenvalue weighted by molar-refractivity contribution is 9.10. The van der Waals surface area contributed by atoms with Gasteiger partial charge in [-0.3, -0.25) is 0 Å². The molecule has 0 saturated heterocycles. The van der Waals surface area contributed by atoms with E-state index in [1.165, 1.54) is 0 Å². The van der Waals surface area contributed by atoms with Gasteiger partial charge < -0.3 is 9.68 Å². The summed E-state index contributed by atoms with van der Waals surface area (Å²) in [4.78, 5) is 0. The molecule has 1 N–H and O–H groups in total. The topological polar surface area (TPSA) is 29.5 Å². The van der Waals surface area contributed by atoms with Crippen molar-refractivity contribution in [3.8, 4) is 0 Å². The first kappa shape index (κ1) is 10.5. The molecule has 0 spiro atoms. The molecule has 0 amide bonds. The number of rotatable bonds is 2. The van der Waals surface area contributed by atoms with Gasteiger partial charge in [0.2, 0.25) is 0 Å². The van der Waals surface area contributed by atoms with Gasteiger partial charge >= 0.3 is 7.69 Å². The maximum Gasteiger partial charge on any atom is 0.436 e. The molecule has 0 fully saturated rings. The zero-order valence-electron chi connectivity index (χ0n) is 6.94. The normalized spacial score (nSPS) is 18.2. The Hall–Kier alpha value is 0.465. The third-order valence-corrected chi connectivity index (χ3v) is 3.09. The van der Waals surface area contributed by atoms with Crippen LogP contribution in [0.3, 0.4) is 0 Å². The number of halogens is 1. The Balaban J connectivity index is 4.10. The Kier molecular flexibility index (Phi) is 3.39. The molecule has 0 aromatic carbocycles. The lowest BCUT2D eigenvalue weighted by Gasteiger charge is -2.36. The molecule has 0 saturated carbocycles. The zero-order valence-corrected chi connectivity index (χ0v) is 8.53. The van der Waals surface area contributed by atoms with Gasteiger partial charge in [0.15, 0.2) is 0 Å². The van der Waals surface area contributed by atoms with E-state index in [4.69, 9.17) is 9.68 Å². The van der Waals surface area contributed by atoms with Crippen molar-refractivity contribution in [2.45, 2.75) is 32.2 Å². The summed E-state index contributed by atoms with van der Waals surface area (Å²) >= 11 is 3.38. The molecule has 1 atom stereocenters. The minimum atomic E-state index is -0.450. The van der Waals surface area contributed by atoms with E-state index in [0.717, 1.165) is 0 Å². The van der Waals surface area contributed by atoms with Crippen molar-refractivity contribution >= 4 is 23.6 Å². The van der Waals surface area contributed by atoms with E-state index in [1.54, 1.807) is 0 Å². The molecule has 0 radical (unpaired) electrons. The highest BCUT2D eigenvalue weighted by atomic mass is 79.9. The summed E-state index contributed by atoms with van der Waals surface area (Å²) in [6.45, 7) is 8.01. The van der Waals surface area contributed by atoms with Crippen LogP contribution in [0.4, 0.5) is 0 Å². The fourth-order valence-corrected chi connectivity index (χ4v) is 0.440. The second-order valence-corrected chi connectivity index (χ2v) is 4.95. The highest BCUT2D eigenvalue weighted by Crippen LogP contribution is 2.38. The Morgan fingerprint density at radius 2 is 1.70 bits per heavy atom. The smallest absolute Gasteiger partial charge is 0.430 e. The fraction of sp³-hybridized carbons (Fsp3) is 1.00. The van der Waals surface area contributed by atoms with Crippen molar-refractivity contribution in [2.75, 3.05) is 0 Å². The van der Waals surface area contributed by atoms with Gasteiger partial charge in [0, 0.05) is 0 Å². The molecule has 0 aliphatic carbocycles. The van der Waals surface area contributed by atoms with Crippen LogP contribution in [-0.2, 0) is 4.65 Å². The Morgan fingerprint density at radius 1 is 1.30 bits per heavy atom. The van der Waals surface area contributed by atoms with Crippen LogP contribution in [0.5, 0.6) is 0 Å². The van der Waals surface area contributed by atoms with Crippen LogP contribution in [0.25, 0.3) is 0 Å². The second kappa shape index (κ2) is 3.24. The summed E-state index contributed by atoms with van der Waals surface area (Å²) in [5, 5.41) is 8.51. The van der Waals surface area contributed by atoms with E-state index >= 15 is 0 Å². The van der Waals surface area contributed by atoms with Gasteiger partial charge in [-0.25, -0.2) is 0 Å². The van der Waals surface area contributed by atoms with E-state index in [0.29, 0.717) is 0 Å². The highest BCUT2D eigenvalue weighted by Gasteiger charge is 2.35. The molecule has 0 heterocycles. The van der Waals surface area contributed by atoms with Crippen LogP contribution in [0.2, 0.25) is 0 Å². The molecule has 0 aliphatic rings. The van der Waals surface area contributed by atoms with Crippen molar-refractivity contribution < 1.29 is 9.68 Å². The molecule has 0 aromatic heterocycles. The first-order valence-electron chi connectivity index (χ1n) is 3.25. The monoisotopic (exact) mass is 208 g/mol. The van der Waals surface area contributed by atoms with Gasteiger partial charge in [-0.2, -0.15) is 0 Å². The van der Waals surface area contributed by atoms with Gasteiger partial charge in [-0.05, 0) is 12.3 Å². The molecular weight excluding hydrogens is 195 g/mol. The third kappa shape index (κ3) is 2.60. The average molecular weight is 209 g/mol. The lowest BCUT2D eigenvalue weighted by molar-refractivity contribution is 0.0661. The predicted molar refractivity (Wildman–Crippen MR) is 47.2 cm³/mol. The summed E-state index contributed by atoms with van der Waals surface area (Å²) in [7, 11) is -0.251. The van der Waals surface area contributed by atoms with Crippen LogP contribution < -0.4 is 0 Å². The molecule has 0 aliphatic heterocycles. The molecule has 0 rings (SSSR count). The first-order valence-corrected chi connectivity index (χ1v) is 4.04. The van der Waals surface area contributed by atoms with Gasteiger partial charge in [0.25, 0.3) is 0 Å². The molecule has 1 unspecified atom stereocenters. The Labute approximate surface area is 71.4 Å². The van der Waals surface area contributed by atoms with Crippen LogP contribution in [0, 0.1) is 5.41 Å². The molecule has 4 heteroatoms. The molecular formula is C6H14BBrO2. The predicted octanol–water partition coefficient (Wildman–Crippen LogP) is 1.42. The molecule has 0 aromatic rings. The fourth-order valence-electron chi connectivity index (χ4n) is 0.338. The SMILES string of the molecule is CC(C)(C)C(C)(Br)OBO. The van der Waals surface area contributed by atoms with E-state index in [9.17, 15) is 0 Å². The molecule has 60 valence electrons. The van der Waals surface area contributed by atoms with Gasteiger partial charge in [-0.1, -0.05) is 36.7 Å². The summed E-state index contributed by atoms with van der Waals surface area (Å²) in [6.07, 6.45) is 0. The van der Waals surface area contributed by atoms with Crippen molar-refractivity contribution in [1.29, 1.82) is 0 Å². The molecule has 2 nitrogen and oxygen atoms in total. The van der Waals surface area contributed by atoms with E-state index in [1.807, 2.05) is 27.7 Å². The van der Waals surface area contributed by atoms with Crippen molar-refractivity contribution in [1.82, 2.24) is 0 Å². The Morgan fingerprint density at radius 3 is 1.80 bits per heavy atom. The maximum absolute atomic E-state index is 8.51. The van der Waals surface area contributed by atoms with Gasteiger partial charge in [0.1, 0.15) is 4.51 Å². The minimum absolute atomic E-state index is 0.0181. The van der Waals surface area contributed by atoms with Crippen LogP contribution in [0.1, 0.15) is 27.7 Å². The quantitative estimate of drug-likeness (QED) is 0.550. The molecule has 10 heavy (non-hydrogen) atoms. The maximum atomic E-state index is 8.51. The third-order valence-electron chi connectivity index (χ3n) is 1.68. The molecule has 0 bridgehead atoms.